The number of carbonyl (C=O) groups excluding carboxylic acids is 2. The third kappa shape index (κ3) is 7.23. The maximum absolute atomic E-state index is 11.5. The zero-order chi connectivity index (χ0) is 10.5. The SMILES string of the molecule is O=C(CCF)OC(=O)CC(F)(F)F. The van der Waals surface area contributed by atoms with Gasteiger partial charge in [0.05, 0.1) is 13.1 Å². The van der Waals surface area contributed by atoms with Crippen LogP contribution in [-0.2, 0) is 14.3 Å². The smallest absolute Gasteiger partial charge is 0.393 e. The van der Waals surface area contributed by atoms with E-state index in [1.807, 2.05) is 0 Å². The standard InChI is InChI=1S/C6H6F4O3/c7-2-1-4(11)13-5(12)3-6(8,9)10/h1-3H2. The lowest BCUT2D eigenvalue weighted by Gasteiger charge is -2.04. The highest BCUT2D eigenvalue weighted by atomic mass is 19.4. The summed E-state index contributed by atoms with van der Waals surface area (Å²) < 4.78 is 49.4. The highest BCUT2D eigenvalue weighted by molar-refractivity contribution is 5.85. The van der Waals surface area contributed by atoms with Crippen molar-refractivity contribution in [3.8, 4) is 0 Å². The van der Waals surface area contributed by atoms with E-state index in [0.29, 0.717) is 0 Å². The maximum atomic E-state index is 11.5. The van der Waals surface area contributed by atoms with Crippen LogP contribution in [-0.4, -0.2) is 24.8 Å². The first-order chi connectivity index (χ1) is 5.85. The fourth-order valence-electron chi connectivity index (χ4n) is 0.455. The molecule has 0 aliphatic carbocycles. The molecule has 0 aliphatic heterocycles. The molecule has 0 saturated carbocycles. The van der Waals surface area contributed by atoms with Crippen molar-refractivity contribution < 1.29 is 31.9 Å². The second-order valence-corrected chi connectivity index (χ2v) is 2.08. The number of hydrogen-bond donors (Lipinski definition) is 0. The second kappa shape index (κ2) is 4.78. The maximum Gasteiger partial charge on any atom is 0.399 e. The molecule has 0 fully saturated rings. The van der Waals surface area contributed by atoms with Gasteiger partial charge in [-0.15, -0.1) is 0 Å². The Bertz CT molecular complexity index is 199. The van der Waals surface area contributed by atoms with E-state index in [4.69, 9.17) is 0 Å². The summed E-state index contributed by atoms with van der Waals surface area (Å²) in [4.78, 5) is 20.5. The van der Waals surface area contributed by atoms with E-state index in [1.54, 1.807) is 0 Å². The van der Waals surface area contributed by atoms with Crippen LogP contribution in [0.3, 0.4) is 0 Å². The average molecular weight is 202 g/mol. The fourth-order valence-corrected chi connectivity index (χ4v) is 0.455. The lowest BCUT2D eigenvalue weighted by Crippen LogP contribution is -2.20. The van der Waals surface area contributed by atoms with Crippen molar-refractivity contribution in [1.82, 2.24) is 0 Å². The Morgan fingerprint density at radius 2 is 1.69 bits per heavy atom. The number of rotatable bonds is 3. The molecule has 0 aliphatic rings. The molecule has 76 valence electrons. The van der Waals surface area contributed by atoms with Crippen LogP contribution in [0.2, 0.25) is 0 Å². The van der Waals surface area contributed by atoms with E-state index in [-0.39, 0.29) is 0 Å². The molecule has 0 unspecified atom stereocenters. The molecule has 0 saturated heterocycles. The fraction of sp³-hybridized carbons (Fsp3) is 0.667. The monoisotopic (exact) mass is 202 g/mol. The Morgan fingerprint density at radius 1 is 1.15 bits per heavy atom. The number of halogens is 4. The Labute approximate surface area is 70.7 Å². The van der Waals surface area contributed by atoms with Gasteiger partial charge in [-0.3, -0.25) is 14.0 Å². The van der Waals surface area contributed by atoms with Crippen molar-refractivity contribution in [3.05, 3.63) is 0 Å². The van der Waals surface area contributed by atoms with Gasteiger partial charge in [-0.25, -0.2) is 0 Å². The zero-order valence-corrected chi connectivity index (χ0v) is 6.36. The second-order valence-electron chi connectivity index (χ2n) is 2.08. The molecule has 0 rings (SSSR count). The molecule has 0 heterocycles. The van der Waals surface area contributed by atoms with Crippen molar-refractivity contribution in [1.29, 1.82) is 0 Å². The van der Waals surface area contributed by atoms with Crippen LogP contribution in [0.5, 0.6) is 0 Å². The molecule has 0 spiro atoms. The summed E-state index contributed by atoms with van der Waals surface area (Å²) in [5.41, 5.74) is 0. The van der Waals surface area contributed by atoms with Crippen LogP contribution in [0, 0.1) is 0 Å². The van der Waals surface area contributed by atoms with Crippen LogP contribution in [0.15, 0.2) is 0 Å². The van der Waals surface area contributed by atoms with Crippen LogP contribution in [0.4, 0.5) is 17.6 Å². The largest absolute Gasteiger partial charge is 0.399 e. The van der Waals surface area contributed by atoms with Crippen molar-refractivity contribution in [2.45, 2.75) is 19.0 Å². The lowest BCUT2D eigenvalue weighted by molar-refractivity contribution is -0.176. The molecule has 0 aromatic carbocycles. The summed E-state index contributed by atoms with van der Waals surface area (Å²) in [5, 5.41) is 0. The topological polar surface area (TPSA) is 43.4 Å². The Balaban J connectivity index is 3.82. The first-order valence-corrected chi connectivity index (χ1v) is 3.21. The molecule has 7 heteroatoms. The summed E-state index contributed by atoms with van der Waals surface area (Å²) in [6.45, 7) is -1.07. The normalized spacial score (nSPS) is 11.1. The number of carbonyl (C=O) groups is 2. The first-order valence-electron chi connectivity index (χ1n) is 3.21. The molecule has 0 aromatic heterocycles. The third-order valence-electron chi connectivity index (χ3n) is 0.871. The summed E-state index contributed by atoms with van der Waals surface area (Å²) in [7, 11) is 0. The van der Waals surface area contributed by atoms with E-state index in [2.05, 4.69) is 4.74 Å². The van der Waals surface area contributed by atoms with Gasteiger partial charge in [0.1, 0.15) is 6.42 Å². The highest BCUT2D eigenvalue weighted by Crippen LogP contribution is 2.19. The van der Waals surface area contributed by atoms with Gasteiger partial charge in [0.2, 0.25) is 0 Å². The predicted octanol–water partition coefficient (Wildman–Crippen LogP) is 1.37. The van der Waals surface area contributed by atoms with Crippen LogP contribution in [0.1, 0.15) is 12.8 Å². The predicted molar refractivity (Wildman–Crippen MR) is 32.4 cm³/mol. The van der Waals surface area contributed by atoms with Gasteiger partial charge in [-0.05, 0) is 0 Å². The van der Waals surface area contributed by atoms with E-state index in [0.717, 1.165) is 0 Å². The molecule has 13 heavy (non-hydrogen) atoms. The minimum atomic E-state index is -4.72. The van der Waals surface area contributed by atoms with Gasteiger partial charge in [-0.2, -0.15) is 13.2 Å². The molecule has 0 atom stereocenters. The van der Waals surface area contributed by atoms with Gasteiger partial charge in [-0.1, -0.05) is 0 Å². The molecule has 0 N–H and O–H groups in total. The summed E-state index contributed by atoms with van der Waals surface area (Å²) in [6, 6.07) is 0. The summed E-state index contributed by atoms with van der Waals surface area (Å²) >= 11 is 0. The molecule has 0 aromatic rings. The molecular formula is C6H6F4O3. The van der Waals surface area contributed by atoms with Crippen LogP contribution < -0.4 is 0 Å². The zero-order valence-electron chi connectivity index (χ0n) is 6.36. The Kier molecular flexibility index (Phi) is 4.36. The van der Waals surface area contributed by atoms with Crippen molar-refractivity contribution in [2.75, 3.05) is 6.67 Å². The Hall–Kier alpha value is -1.14. The van der Waals surface area contributed by atoms with E-state index in [9.17, 15) is 27.2 Å². The van der Waals surface area contributed by atoms with Crippen molar-refractivity contribution in [2.24, 2.45) is 0 Å². The minimum Gasteiger partial charge on any atom is -0.393 e. The minimum absolute atomic E-state index is 0.719. The number of alkyl halides is 4. The van der Waals surface area contributed by atoms with Crippen molar-refractivity contribution in [3.63, 3.8) is 0 Å². The molecule has 0 bridgehead atoms. The lowest BCUT2D eigenvalue weighted by atomic mass is 10.4. The quantitative estimate of drug-likeness (QED) is 0.394. The van der Waals surface area contributed by atoms with E-state index >= 15 is 0 Å². The third-order valence-corrected chi connectivity index (χ3v) is 0.871. The average Bonchev–Trinajstić information content (AvgIpc) is 1.81. The number of esters is 2. The highest BCUT2D eigenvalue weighted by Gasteiger charge is 2.33. The van der Waals surface area contributed by atoms with Gasteiger partial charge in [0.15, 0.2) is 0 Å². The van der Waals surface area contributed by atoms with Gasteiger partial charge in [0.25, 0.3) is 0 Å². The van der Waals surface area contributed by atoms with Gasteiger partial charge >= 0.3 is 18.1 Å². The van der Waals surface area contributed by atoms with E-state index in [1.165, 1.54) is 0 Å². The Morgan fingerprint density at radius 3 is 2.08 bits per heavy atom. The van der Waals surface area contributed by atoms with Gasteiger partial charge < -0.3 is 4.74 Å². The van der Waals surface area contributed by atoms with Gasteiger partial charge in [0, 0.05) is 0 Å². The van der Waals surface area contributed by atoms with Crippen LogP contribution in [0.25, 0.3) is 0 Å². The summed E-state index contributed by atoms with van der Waals surface area (Å²) in [6.07, 6.45) is -7.28. The summed E-state index contributed by atoms with van der Waals surface area (Å²) in [5.74, 6) is -3.01. The first kappa shape index (κ1) is 11.9. The van der Waals surface area contributed by atoms with Crippen molar-refractivity contribution >= 4 is 11.9 Å². The molecular weight excluding hydrogens is 196 g/mol. The number of ether oxygens (including phenoxy) is 1. The van der Waals surface area contributed by atoms with E-state index < -0.39 is 37.6 Å². The molecule has 0 amide bonds. The van der Waals surface area contributed by atoms with Crippen LogP contribution >= 0.6 is 0 Å². The molecule has 3 nitrogen and oxygen atoms in total. The number of hydrogen-bond acceptors (Lipinski definition) is 3. The molecule has 0 radical (unpaired) electrons.